The number of terminal acetylenes is 1. The quantitative estimate of drug-likeness (QED) is 0.730. The maximum Gasteiger partial charge on any atom is 0.246 e. The molecule has 1 N–H and O–H groups in total. The van der Waals surface area contributed by atoms with Crippen LogP contribution < -0.4 is 4.72 Å². The zero-order chi connectivity index (χ0) is 10.8. The fourth-order valence-electron chi connectivity index (χ4n) is 1.07. The molecule has 0 aliphatic carbocycles. The summed E-state index contributed by atoms with van der Waals surface area (Å²) in [5.41, 5.74) is 0.326. The number of aromatic nitrogens is 1. The van der Waals surface area contributed by atoms with Crippen LogP contribution in [-0.2, 0) is 10.0 Å². The van der Waals surface area contributed by atoms with Gasteiger partial charge < -0.3 is 4.52 Å². The first-order valence-corrected chi connectivity index (χ1v) is 5.33. The lowest BCUT2D eigenvalue weighted by molar-refractivity contribution is 0.390. The van der Waals surface area contributed by atoms with E-state index in [0.29, 0.717) is 5.69 Å². The van der Waals surface area contributed by atoms with E-state index in [4.69, 9.17) is 10.9 Å². The summed E-state index contributed by atoms with van der Waals surface area (Å²) in [5, 5.41) is 3.54. The molecule has 0 atom stereocenters. The van der Waals surface area contributed by atoms with Crippen LogP contribution in [0.2, 0.25) is 0 Å². The van der Waals surface area contributed by atoms with Gasteiger partial charge in [0.2, 0.25) is 10.0 Å². The summed E-state index contributed by atoms with van der Waals surface area (Å²) in [7, 11) is -3.59. The number of hydrogen-bond acceptors (Lipinski definition) is 4. The maximum atomic E-state index is 11.6. The van der Waals surface area contributed by atoms with E-state index in [1.165, 1.54) is 6.92 Å². The summed E-state index contributed by atoms with van der Waals surface area (Å²) >= 11 is 0. The van der Waals surface area contributed by atoms with E-state index in [-0.39, 0.29) is 17.2 Å². The van der Waals surface area contributed by atoms with Gasteiger partial charge >= 0.3 is 0 Å². The zero-order valence-electron chi connectivity index (χ0n) is 7.86. The summed E-state index contributed by atoms with van der Waals surface area (Å²) < 4.78 is 30.1. The molecule has 0 aliphatic rings. The van der Waals surface area contributed by atoms with Crippen molar-refractivity contribution in [3.05, 3.63) is 11.5 Å². The Morgan fingerprint density at radius 3 is 2.64 bits per heavy atom. The molecular formula is C8H10N2O3S. The average Bonchev–Trinajstić information content (AvgIpc) is 2.43. The molecule has 14 heavy (non-hydrogen) atoms. The second-order valence-corrected chi connectivity index (χ2v) is 4.39. The highest BCUT2D eigenvalue weighted by Crippen LogP contribution is 2.17. The molecule has 0 spiro atoms. The van der Waals surface area contributed by atoms with Crippen LogP contribution in [0.3, 0.4) is 0 Å². The smallest absolute Gasteiger partial charge is 0.246 e. The lowest BCUT2D eigenvalue weighted by atomic mass is 10.4. The third-order valence-electron chi connectivity index (χ3n) is 1.60. The molecule has 0 aromatic carbocycles. The van der Waals surface area contributed by atoms with Gasteiger partial charge in [-0.3, -0.25) is 0 Å². The fourth-order valence-corrected chi connectivity index (χ4v) is 2.33. The van der Waals surface area contributed by atoms with Crippen molar-refractivity contribution < 1.29 is 12.9 Å². The van der Waals surface area contributed by atoms with E-state index in [9.17, 15) is 8.42 Å². The monoisotopic (exact) mass is 214 g/mol. The zero-order valence-corrected chi connectivity index (χ0v) is 8.68. The van der Waals surface area contributed by atoms with Crippen LogP contribution in [0.25, 0.3) is 0 Å². The molecule has 1 rings (SSSR count). The number of aryl methyl sites for hydroxylation is 2. The molecular weight excluding hydrogens is 204 g/mol. The lowest BCUT2D eigenvalue weighted by Crippen LogP contribution is -2.24. The van der Waals surface area contributed by atoms with Crippen molar-refractivity contribution in [3.8, 4) is 12.3 Å². The van der Waals surface area contributed by atoms with Crippen molar-refractivity contribution in [2.24, 2.45) is 0 Å². The van der Waals surface area contributed by atoms with Crippen LogP contribution in [0.5, 0.6) is 0 Å². The van der Waals surface area contributed by atoms with Gasteiger partial charge in [-0.1, -0.05) is 11.1 Å². The molecule has 0 unspecified atom stereocenters. The van der Waals surface area contributed by atoms with Crippen molar-refractivity contribution in [2.45, 2.75) is 18.7 Å². The van der Waals surface area contributed by atoms with Crippen LogP contribution in [0.1, 0.15) is 11.5 Å². The minimum atomic E-state index is -3.59. The number of nitrogens with one attached hydrogen (secondary N) is 1. The Labute approximate surface area is 82.5 Å². The molecule has 1 heterocycles. The first-order valence-electron chi connectivity index (χ1n) is 3.85. The summed E-state index contributed by atoms with van der Waals surface area (Å²) in [5.74, 6) is 2.44. The molecule has 0 bridgehead atoms. The number of hydrogen-bond donors (Lipinski definition) is 1. The average molecular weight is 214 g/mol. The van der Waals surface area contributed by atoms with Gasteiger partial charge in [0, 0.05) is 0 Å². The van der Waals surface area contributed by atoms with Crippen LogP contribution in [0.4, 0.5) is 0 Å². The minimum absolute atomic E-state index is 0.0492. The number of rotatable bonds is 3. The van der Waals surface area contributed by atoms with E-state index in [1.54, 1.807) is 6.92 Å². The van der Waals surface area contributed by atoms with Crippen molar-refractivity contribution in [1.82, 2.24) is 9.88 Å². The largest absolute Gasteiger partial charge is 0.360 e. The highest BCUT2D eigenvalue weighted by atomic mass is 32.2. The third kappa shape index (κ3) is 1.95. The molecule has 1 aromatic heterocycles. The Kier molecular flexibility index (Phi) is 2.93. The number of sulfonamides is 1. The maximum absolute atomic E-state index is 11.6. The molecule has 0 saturated heterocycles. The summed E-state index contributed by atoms with van der Waals surface area (Å²) in [6, 6.07) is 0. The van der Waals surface area contributed by atoms with Crippen LogP contribution >= 0.6 is 0 Å². The molecule has 5 nitrogen and oxygen atoms in total. The predicted molar refractivity (Wildman–Crippen MR) is 50.0 cm³/mol. The highest BCUT2D eigenvalue weighted by molar-refractivity contribution is 7.89. The topological polar surface area (TPSA) is 72.2 Å². The summed E-state index contributed by atoms with van der Waals surface area (Å²) in [4.78, 5) is 0.0627. The molecule has 0 aliphatic heterocycles. The molecule has 0 amide bonds. The Hall–Kier alpha value is -1.32. The van der Waals surface area contributed by atoms with Crippen LogP contribution in [0.15, 0.2) is 9.42 Å². The highest BCUT2D eigenvalue weighted by Gasteiger charge is 2.23. The number of nitrogens with zero attached hydrogens (tertiary/aromatic N) is 1. The second kappa shape index (κ2) is 3.82. The molecule has 0 saturated carbocycles. The Morgan fingerprint density at radius 1 is 1.57 bits per heavy atom. The van der Waals surface area contributed by atoms with Gasteiger partial charge in [0.15, 0.2) is 5.76 Å². The normalized spacial score (nSPS) is 11.2. The fraction of sp³-hybridized carbons (Fsp3) is 0.375. The first-order chi connectivity index (χ1) is 6.49. The van der Waals surface area contributed by atoms with E-state index >= 15 is 0 Å². The van der Waals surface area contributed by atoms with E-state index in [1.807, 2.05) is 0 Å². The third-order valence-corrected chi connectivity index (χ3v) is 3.25. The van der Waals surface area contributed by atoms with E-state index in [0.717, 1.165) is 0 Å². The van der Waals surface area contributed by atoms with Gasteiger partial charge in [0.25, 0.3) is 0 Å². The van der Waals surface area contributed by atoms with Crippen molar-refractivity contribution >= 4 is 10.0 Å². The van der Waals surface area contributed by atoms with Gasteiger partial charge in [-0.25, -0.2) is 8.42 Å². The molecule has 76 valence electrons. The van der Waals surface area contributed by atoms with Gasteiger partial charge in [-0.05, 0) is 13.8 Å². The lowest BCUT2D eigenvalue weighted by Gasteiger charge is -2.01. The van der Waals surface area contributed by atoms with Crippen molar-refractivity contribution in [2.75, 3.05) is 6.54 Å². The summed E-state index contributed by atoms with van der Waals surface area (Å²) in [6.45, 7) is 3.04. The second-order valence-electron chi connectivity index (χ2n) is 2.68. The van der Waals surface area contributed by atoms with Gasteiger partial charge in [0.05, 0.1) is 6.54 Å². The first kappa shape index (κ1) is 10.8. The van der Waals surface area contributed by atoms with Gasteiger partial charge in [0.1, 0.15) is 10.6 Å². The molecule has 6 heteroatoms. The molecule has 0 radical (unpaired) electrons. The van der Waals surface area contributed by atoms with Crippen LogP contribution in [-0.4, -0.2) is 20.1 Å². The molecule has 1 aromatic rings. The van der Waals surface area contributed by atoms with Gasteiger partial charge in [-0.2, -0.15) is 4.72 Å². The Morgan fingerprint density at radius 2 is 2.21 bits per heavy atom. The van der Waals surface area contributed by atoms with E-state index < -0.39 is 10.0 Å². The van der Waals surface area contributed by atoms with E-state index in [2.05, 4.69) is 15.8 Å². The van der Waals surface area contributed by atoms with Crippen molar-refractivity contribution in [3.63, 3.8) is 0 Å². The molecule has 0 fully saturated rings. The summed E-state index contributed by atoms with van der Waals surface area (Å²) in [6.07, 6.45) is 4.95. The van der Waals surface area contributed by atoms with Crippen molar-refractivity contribution in [1.29, 1.82) is 0 Å². The Bertz CT molecular complexity index is 448. The Balaban J connectivity index is 3.11. The van der Waals surface area contributed by atoms with Gasteiger partial charge in [-0.15, -0.1) is 6.42 Å². The predicted octanol–water partition coefficient (Wildman–Crippen LogP) is 0.203. The van der Waals surface area contributed by atoms with Crippen LogP contribution in [0, 0.1) is 26.2 Å². The minimum Gasteiger partial charge on any atom is -0.360 e. The standard InChI is InChI=1S/C8H10N2O3S/c1-4-5-9-14(11,12)8-6(2)10-13-7(8)3/h1,9H,5H2,2-3H3. The SMILES string of the molecule is C#CCNS(=O)(=O)c1c(C)noc1C.